The van der Waals surface area contributed by atoms with Crippen molar-refractivity contribution < 1.29 is 19.2 Å². The minimum Gasteiger partial charge on any atom is -0.474 e. The lowest BCUT2D eigenvalue weighted by Gasteiger charge is -2.13. The highest BCUT2D eigenvalue weighted by Gasteiger charge is 2.20. The molecule has 3 rings (SSSR count). The summed E-state index contributed by atoms with van der Waals surface area (Å²) < 4.78 is 5.96. The van der Waals surface area contributed by atoms with Crippen LogP contribution in [0.1, 0.15) is 29.1 Å². The molecule has 0 saturated heterocycles. The number of ether oxygens (including phenoxy) is 1. The number of hydrogen-bond donors (Lipinski definition) is 2. The molecule has 1 aromatic heterocycles. The Kier molecular flexibility index (Phi) is 7.75. The SMILES string of the molecule is C/C(=N/NC(=O)[C@@H](C)Oc1ccccc1[N+](=O)[O-])c1cccc(NC(=O)c2ccc(Cl)s2)c1. The molecule has 0 bridgehead atoms. The fourth-order valence-corrected chi connectivity index (χ4v) is 3.64. The molecule has 3 aromatic rings. The van der Waals surface area contributed by atoms with Crippen molar-refractivity contribution in [3.05, 3.63) is 85.6 Å². The smallest absolute Gasteiger partial charge is 0.310 e. The third-order valence-corrected chi connectivity index (χ3v) is 5.63. The number of carbonyl (C=O) groups excluding carboxylic acids is 2. The van der Waals surface area contributed by atoms with E-state index in [0.717, 1.165) is 0 Å². The number of hydrazone groups is 1. The van der Waals surface area contributed by atoms with Gasteiger partial charge in [0, 0.05) is 11.8 Å². The molecule has 2 N–H and O–H groups in total. The first kappa shape index (κ1) is 23.9. The molecule has 1 heterocycles. The van der Waals surface area contributed by atoms with E-state index in [-0.39, 0.29) is 17.3 Å². The van der Waals surface area contributed by atoms with Gasteiger partial charge in [0.1, 0.15) is 0 Å². The van der Waals surface area contributed by atoms with E-state index in [4.69, 9.17) is 16.3 Å². The maximum absolute atomic E-state index is 12.4. The van der Waals surface area contributed by atoms with Gasteiger partial charge in [-0.15, -0.1) is 11.3 Å². The monoisotopic (exact) mass is 486 g/mol. The Morgan fingerprint density at radius 3 is 2.61 bits per heavy atom. The first-order valence-corrected chi connectivity index (χ1v) is 10.9. The number of anilines is 1. The lowest BCUT2D eigenvalue weighted by Crippen LogP contribution is -2.34. The normalized spacial score (nSPS) is 12.0. The third kappa shape index (κ3) is 6.37. The molecule has 11 heteroatoms. The van der Waals surface area contributed by atoms with Gasteiger partial charge in [0.25, 0.3) is 11.8 Å². The van der Waals surface area contributed by atoms with Crippen LogP contribution < -0.4 is 15.5 Å². The molecule has 170 valence electrons. The van der Waals surface area contributed by atoms with Gasteiger partial charge in [0.2, 0.25) is 0 Å². The number of nitrogens with zero attached hydrogens (tertiary/aromatic N) is 2. The van der Waals surface area contributed by atoms with E-state index in [2.05, 4.69) is 15.8 Å². The van der Waals surface area contributed by atoms with Crippen LogP contribution in [0, 0.1) is 10.1 Å². The summed E-state index contributed by atoms with van der Waals surface area (Å²) in [6, 6.07) is 16.0. The average molecular weight is 487 g/mol. The van der Waals surface area contributed by atoms with Gasteiger partial charge in [-0.1, -0.05) is 35.9 Å². The number of benzene rings is 2. The summed E-state index contributed by atoms with van der Waals surface area (Å²) in [5, 5.41) is 18.0. The second-order valence-electron chi connectivity index (χ2n) is 6.80. The Hall–Kier alpha value is -3.76. The lowest BCUT2D eigenvalue weighted by atomic mass is 10.1. The van der Waals surface area contributed by atoms with E-state index in [1.165, 1.54) is 36.5 Å². The Morgan fingerprint density at radius 2 is 1.91 bits per heavy atom. The molecule has 1 atom stereocenters. The Labute approximate surface area is 198 Å². The van der Waals surface area contributed by atoms with Crippen LogP contribution in [0.5, 0.6) is 5.75 Å². The molecule has 0 aliphatic rings. The first-order valence-electron chi connectivity index (χ1n) is 9.66. The number of nitro groups is 1. The molecule has 33 heavy (non-hydrogen) atoms. The number of nitrogens with one attached hydrogen (secondary N) is 2. The molecular formula is C22H19ClN4O5S. The molecule has 0 saturated carbocycles. The second-order valence-corrected chi connectivity index (χ2v) is 8.51. The Balaban J connectivity index is 1.63. The van der Waals surface area contributed by atoms with Gasteiger partial charge < -0.3 is 10.1 Å². The zero-order chi connectivity index (χ0) is 24.0. The van der Waals surface area contributed by atoms with Gasteiger partial charge in [0.05, 0.1) is 19.8 Å². The topological polar surface area (TPSA) is 123 Å². The van der Waals surface area contributed by atoms with Crippen molar-refractivity contribution >= 4 is 51.8 Å². The maximum Gasteiger partial charge on any atom is 0.310 e. The van der Waals surface area contributed by atoms with Crippen LogP contribution >= 0.6 is 22.9 Å². The van der Waals surface area contributed by atoms with Crippen LogP contribution in [0.4, 0.5) is 11.4 Å². The number of nitro benzene ring substituents is 1. The highest BCUT2D eigenvalue weighted by molar-refractivity contribution is 7.18. The van der Waals surface area contributed by atoms with E-state index in [0.29, 0.717) is 26.2 Å². The lowest BCUT2D eigenvalue weighted by molar-refractivity contribution is -0.386. The van der Waals surface area contributed by atoms with Gasteiger partial charge in [-0.2, -0.15) is 5.10 Å². The first-order chi connectivity index (χ1) is 15.7. The van der Waals surface area contributed by atoms with Crippen molar-refractivity contribution in [3.63, 3.8) is 0 Å². The Bertz CT molecular complexity index is 1230. The van der Waals surface area contributed by atoms with Crippen molar-refractivity contribution in [3.8, 4) is 5.75 Å². The van der Waals surface area contributed by atoms with Gasteiger partial charge in [-0.3, -0.25) is 19.7 Å². The number of rotatable bonds is 8. The summed E-state index contributed by atoms with van der Waals surface area (Å²) in [5.41, 5.74) is 3.86. The van der Waals surface area contributed by atoms with Crippen LogP contribution in [0.2, 0.25) is 4.34 Å². The zero-order valence-corrected chi connectivity index (χ0v) is 19.1. The number of hydrogen-bond acceptors (Lipinski definition) is 7. The predicted molar refractivity (Wildman–Crippen MR) is 127 cm³/mol. The number of amides is 2. The van der Waals surface area contributed by atoms with Crippen LogP contribution in [0.3, 0.4) is 0 Å². The quantitative estimate of drug-likeness (QED) is 0.267. The largest absolute Gasteiger partial charge is 0.474 e. The maximum atomic E-state index is 12.4. The average Bonchev–Trinajstić information content (AvgIpc) is 3.24. The highest BCUT2D eigenvalue weighted by atomic mass is 35.5. The molecule has 2 aromatic carbocycles. The van der Waals surface area contributed by atoms with Crippen molar-refractivity contribution in [1.82, 2.24) is 5.43 Å². The fraction of sp³-hybridized carbons (Fsp3) is 0.136. The summed E-state index contributed by atoms with van der Waals surface area (Å²) in [7, 11) is 0. The Morgan fingerprint density at radius 1 is 1.15 bits per heavy atom. The molecular weight excluding hydrogens is 468 g/mol. The molecule has 2 amide bonds. The molecule has 0 fully saturated rings. The van der Waals surface area contributed by atoms with E-state index < -0.39 is 16.9 Å². The van der Waals surface area contributed by atoms with E-state index in [1.54, 1.807) is 49.4 Å². The van der Waals surface area contributed by atoms with Crippen molar-refractivity contribution in [2.24, 2.45) is 5.10 Å². The number of carbonyl (C=O) groups is 2. The molecule has 0 unspecified atom stereocenters. The van der Waals surface area contributed by atoms with E-state index in [1.807, 2.05) is 0 Å². The molecule has 0 spiro atoms. The van der Waals surface area contributed by atoms with Gasteiger partial charge in [0.15, 0.2) is 11.9 Å². The number of halogens is 1. The van der Waals surface area contributed by atoms with Crippen molar-refractivity contribution in [2.45, 2.75) is 20.0 Å². The molecule has 0 radical (unpaired) electrons. The summed E-state index contributed by atoms with van der Waals surface area (Å²) in [6.45, 7) is 3.15. The third-order valence-electron chi connectivity index (χ3n) is 4.40. The fourth-order valence-electron chi connectivity index (χ4n) is 2.70. The van der Waals surface area contributed by atoms with Crippen LogP contribution in [-0.4, -0.2) is 28.6 Å². The summed E-state index contributed by atoms with van der Waals surface area (Å²) in [6.07, 6.45) is -1.02. The summed E-state index contributed by atoms with van der Waals surface area (Å²) in [4.78, 5) is 35.7. The molecule has 9 nitrogen and oxygen atoms in total. The predicted octanol–water partition coefficient (Wildman–Crippen LogP) is 4.87. The van der Waals surface area contributed by atoms with E-state index in [9.17, 15) is 19.7 Å². The highest BCUT2D eigenvalue weighted by Crippen LogP contribution is 2.27. The number of para-hydroxylation sites is 2. The van der Waals surface area contributed by atoms with Crippen molar-refractivity contribution in [2.75, 3.05) is 5.32 Å². The minimum absolute atomic E-state index is 0.0127. The zero-order valence-electron chi connectivity index (χ0n) is 17.6. The van der Waals surface area contributed by atoms with Gasteiger partial charge in [-0.25, -0.2) is 5.43 Å². The van der Waals surface area contributed by atoms with Gasteiger partial charge in [-0.05, 0) is 49.7 Å². The molecule has 0 aliphatic heterocycles. The van der Waals surface area contributed by atoms with Crippen LogP contribution in [0.25, 0.3) is 0 Å². The molecule has 0 aliphatic carbocycles. The number of thiophene rings is 1. The second kappa shape index (κ2) is 10.7. The summed E-state index contributed by atoms with van der Waals surface area (Å²) in [5.74, 6) is -0.874. The summed E-state index contributed by atoms with van der Waals surface area (Å²) >= 11 is 7.05. The van der Waals surface area contributed by atoms with Crippen molar-refractivity contribution in [1.29, 1.82) is 0 Å². The van der Waals surface area contributed by atoms with Crippen LogP contribution in [0.15, 0.2) is 65.8 Å². The minimum atomic E-state index is -1.02. The van der Waals surface area contributed by atoms with Gasteiger partial charge >= 0.3 is 5.69 Å². The van der Waals surface area contributed by atoms with E-state index >= 15 is 0 Å². The van der Waals surface area contributed by atoms with Crippen LogP contribution in [-0.2, 0) is 4.79 Å². The standard InChI is InChI=1S/C22H19ClN4O5S/c1-13(15-6-5-7-16(12-15)24-22(29)19-10-11-20(23)33-19)25-26-21(28)14(2)32-18-9-4-3-8-17(18)27(30)31/h3-12,14H,1-2H3,(H,24,29)(H,26,28)/b25-13-/t14-/m1/s1.